The SMILES string of the molecule is COCOCCCS(=O)(=O)NCc1cccc(OC2CCC2)c1. The van der Waals surface area contributed by atoms with Crippen LogP contribution in [-0.2, 0) is 26.0 Å². The Hall–Kier alpha value is -1.15. The third-order valence-electron chi connectivity index (χ3n) is 3.65. The molecule has 23 heavy (non-hydrogen) atoms. The van der Waals surface area contributed by atoms with E-state index in [-0.39, 0.29) is 19.1 Å². The smallest absolute Gasteiger partial charge is 0.211 e. The van der Waals surface area contributed by atoms with Crippen LogP contribution in [0.4, 0.5) is 0 Å². The van der Waals surface area contributed by atoms with E-state index in [1.54, 1.807) is 0 Å². The Labute approximate surface area is 138 Å². The molecule has 0 atom stereocenters. The van der Waals surface area contributed by atoms with Crippen LogP contribution in [0.25, 0.3) is 0 Å². The van der Waals surface area contributed by atoms with Crippen molar-refractivity contribution < 1.29 is 22.6 Å². The first kappa shape index (κ1) is 18.2. The Balaban J connectivity index is 1.74. The summed E-state index contributed by atoms with van der Waals surface area (Å²) in [5.41, 5.74) is 0.890. The molecular weight excluding hydrogens is 318 g/mol. The lowest BCUT2D eigenvalue weighted by Crippen LogP contribution is -2.27. The van der Waals surface area contributed by atoms with Crippen LogP contribution in [0.5, 0.6) is 5.75 Å². The minimum absolute atomic E-state index is 0.0367. The molecule has 0 bridgehead atoms. The molecule has 1 aliphatic carbocycles. The van der Waals surface area contributed by atoms with Crippen LogP contribution < -0.4 is 9.46 Å². The van der Waals surface area contributed by atoms with E-state index in [9.17, 15) is 8.42 Å². The number of nitrogens with one attached hydrogen (secondary N) is 1. The monoisotopic (exact) mass is 343 g/mol. The lowest BCUT2D eigenvalue weighted by atomic mass is 9.96. The molecule has 0 amide bonds. The van der Waals surface area contributed by atoms with Gasteiger partial charge in [0.2, 0.25) is 10.0 Å². The van der Waals surface area contributed by atoms with Gasteiger partial charge in [0.25, 0.3) is 0 Å². The van der Waals surface area contributed by atoms with Gasteiger partial charge in [-0.2, -0.15) is 0 Å². The predicted octanol–water partition coefficient (Wildman–Crippen LogP) is 2.05. The van der Waals surface area contributed by atoms with Crippen LogP contribution in [0.3, 0.4) is 0 Å². The molecule has 1 N–H and O–H groups in total. The normalized spacial score (nSPS) is 15.3. The summed E-state index contributed by atoms with van der Waals surface area (Å²) in [5.74, 6) is 0.842. The average molecular weight is 343 g/mol. The van der Waals surface area contributed by atoms with Crippen molar-refractivity contribution in [3.8, 4) is 5.75 Å². The van der Waals surface area contributed by atoms with E-state index < -0.39 is 10.0 Å². The molecule has 0 spiro atoms. The van der Waals surface area contributed by atoms with E-state index in [4.69, 9.17) is 14.2 Å². The lowest BCUT2D eigenvalue weighted by Gasteiger charge is -2.26. The van der Waals surface area contributed by atoms with Crippen LogP contribution in [0, 0.1) is 0 Å². The molecule has 1 aromatic rings. The van der Waals surface area contributed by atoms with Crippen LogP contribution in [0.1, 0.15) is 31.2 Å². The quantitative estimate of drug-likeness (QED) is 0.492. The number of methoxy groups -OCH3 is 1. The predicted molar refractivity (Wildman–Crippen MR) is 87.8 cm³/mol. The summed E-state index contributed by atoms with van der Waals surface area (Å²) >= 11 is 0. The summed E-state index contributed by atoms with van der Waals surface area (Å²) < 4.78 is 42.1. The number of ether oxygens (including phenoxy) is 3. The summed E-state index contributed by atoms with van der Waals surface area (Å²) in [6.45, 7) is 0.809. The van der Waals surface area contributed by atoms with E-state index in [1.807, 2.05) is 24.3 Å². The molecule has 1 aromatic carbocycles. The number of hydrogen-bond acceptors (Lipinski definition) is 5. The molecule has 6 nitrogen and oxygen atoms in total. The highest BCUT2D eigenvalue weighted by Gasteiger charge is 2.19. The van der Waals surface area contributed by atoms with Crippen molar-refractivity contribution in [3.63, 3.8) is 0 Å². The minimum Gasteiger partial charge on any atom is -0.490 e. The molecular formula is C16H25NO5S. The van der Waals surface area contributed by atoms with E-state index in [0.29, 0.717) is 19.1 Å². The maximum Gasteiger partial charge on any atom is 0.211 e. The zero-order valence-electron chi connectivity index (χ0n) is 13.5. The molecule has 2 rings (SSSR count). The summed E-state index contributed by atoms with van der Waals surface area (Å²) in [5, 5.41) is 0. The van der Waals surface area contributed by atoms with Crippen LogP contribution >= 0.6 is 0 Å². The van der Waals surface area contributed by atoms with Crippen LogP contribution in [0.15, 0.2) is 24.3 Å². The van der Waals surface area contributed by atoms with Gasteiger partial charge >= 0.3 is 0 Å². The standard InChI is InChI=1S/C16H25NO5S/c1-20-13-21-9-4-10-23(18,19)17-12-14-5-2-8-16(11-14)22-15-6-3-7-15/h2,5,8,11,15,17H,3-4,6-7,9-10,12-13H2,1H3. The van der Waals surface area contributed by atoms with Crippen LogP contribution in [-0.4, -0.2) is 40.8 Å². The Morgan fingerprint density at radius 1 is 1.30 bits per heavy atom. The highest BCUT2D eigenvalue weighted by atomic mass is 32.2. The largest absolute Gasteiger partial charge is 0.490 e. The highest BCUT2D eigenvalue weighted by Crippen LogP contribution is 2.25. The van der Waals surface area contributed by atoms with Gasteiger partial charge in [0.1, 0.15) is 12.5 Å². The van der Waals surface area contributed by atoms with Crippen molar-refractivity contribution >= 4 is 10.0 Å². The second-order valence-electron chi connectivity index (χ2n) is 5.63. The fraction of sp³-hybridized carbons (Fsp3) is 0.625. The number of benzene rings is 1. The second kappa shape index (κ2) is 9.22. The second-order valence-corrected chi connectivity index (χ2v) is 7.55. The van der Waals surface area contributed by atoms with Crippen molar-refractivity contribution in [1.29, 1.82) is 0 Å². The fourth-order valence-electron chi connectivity index (χ4n) is 2.17. The molecule has 0 unspecified atom stereocenters. The van der Waals surface area contributed by atoms with Gasteiger partial charge in [-0.3, -0.25) is 0 Å². The van der Waals surface area contributed by atoms with E-state index >= 15 is 0 Å². The van der Waals surface area contributed by atoms with Gasteiger partial charge in [-0.1, -0.05) is 12.1 Å². The van der Waals surface area contributed by atoms with Crippen molar-refractivity contribution in [1.82, 2.24) is 4.72 Å². The molecule has 1 aliphatic rings. The summed E-state index contributed by atoms with van der Waals surface area (Å²) in [6.07, 6.45) is 4.17. The van der Waals surface area contributed by atoms with Crippen molar-refractivity contribution in [2.75, 3.05) is 26.3 Å². The van der Waals surface area contributed by atoms with Crippen molar-refractivity contribution in [2.24, 2.45) is 0 Å². The van der Waals surface area contributed by atoms with Gasteiger partial charge in [0.05, 0.1) is 18.5 Å². The third-order valence-corrected chi connectivity index (χ3v) is 5.06. The average Bonchev–Trinajstić information content (AvgIpc) is 2.49. The Kier molecular flexibility index (Phi) is 7.29. The topological polar surface area (TPSA) is 73.9 Å². The number of hydrogen-bond donors (Lipinski definition) is 1. The first-order chi connectivity index (χ1) is 11.1. The molecule has 0 radical (unpaired) electrons. The highest BCUT2D eigenvalue weighted by molar-refractivity contribution is 7.89. The summed E-state index contributed by atoms with van der Waals surface area (Å²) in [7, 11) is -1.78. The summed E-state index contributed by atoms with van der Waals surface area (Å²) in [6, 6.07) is 7.57. The fourth-order valence-corrected chi connectivity index (χ4v) is 3.20. The Bertz CT molecular complexity index is 572. The van der Waals surface area contributed by atoms with Gasteiger partial charge in [0.15, 0.2) is 0 Å². The molecule has 0 saturated heterocycles. The first-order valence-corrected chi connectivity index (χ1v) is 9.54. The van der Waals surface area contributed by atoms with Crippen LogP contribution in [0.2, 0.25) is 0 Å². The third kappa shape index (κ3) is 6.87. The van der Waals surface area contributed by atoms with E-state index in [1.165, 1.54) is 13.5 Å². The maximum atomic E-state index is 11.9. The Morgan fingerprint density at radius 3 is 2.83 bits per heavy atom. The lowest BCUT2D eigenvalue weighted by molar-refractivity contribution is -0.0298. The van der Waals surface area contributed by atoms with E-state index in [0.717, 1.165) is 24.2 Å². The zero-order chi connectivity index (χ0) is 16.5. The van der Waals surface area contributed by atoms with Gasteiger partial charge in [0, 0.05) is 13.7 Å². The minimum atomic E-state index is -3.31. The molecule has 1 saturated carbocycles. The molecule has 7 heteroatoms. The maximum absolute atomic E-state index is 11.9. The van der Waals surface area contributed by atoms with E-state index in [2.05, 4.69) is 4.72 Å². The van der Waals surface area contributed by atoms with Gasteiger partial charge in [-0.25, -0.2) is 13.1 Å². The summed E-state index contributed by atoms with van der Waals surface area (Å²) in [4.78, 5) is 0. The van der Waals surface area contributed by atoms with Crippen molar-refractivity contribution in [2.45, 2.75) is 38.3 Å². The molecule has 1 fully saturated rings. The molecule has 130 valence electrons. The molecule has 0 aromatic heterocycles. The number of rotatable bonds is 11. The van der Waals surface area contributed by atoms with Gasteiger partial charge < -0.3 is 14.2 Å². The number of sulfonamides is 1. The van der Waals surface area contributed by atoms with Gasteiger partial charge in [-0.15, -0.1) is 0 Å². The molecule has 0 aliphatic heterocycles. The Morgan fingerprint density at radius 2 is 2.13 bits per heavy atom. The van der Waals surface area contributed by atoms with Gasteiger partial charge in [-0.05, 0) is 43.4 Å². The first-order valence-electron chi connectivity index (χ1n) is 7.89. The van der Waals surface area contributed by atoms with Crippen molar-refractivity contribution in [3.05, 3.63) is 29.8 Å². The molecule has 0 heterocycles. The zero-order valence-corrected chi connectivity index (χ0v) is 14.3.